The third kappa shape index (κ3) is 3.45. The molecule has 3 heterocycles. The molecule has 0 bridgehead atoms. The Morgan fingerprint density at radius 3 is 2.79 bits per heavy atom. The number of hydrogen-bond donors (Lipinski definition) is 2. The fourth-order valence-electron chi connectivity index (χ4n) is 4.14. The van der Waals surface area contributed by atoms with E-state index in [1.54, 1.807) is 29.0 Å². The topological polar surface area (TPSA) is 92.2 Å². The van der Waals surface area contributed by atoms with Crippen LogP contribution in [0.25, 0.3) is 16.7 Å². The first-order chi connectivity index (χ1) is 14.0. The smallest absolute Gasteiger partial charge is 0.267 e. The van der Waals surface area contributed by atoms with Crippen molar-refractivity contribution in [2.75, 3.05) is 0 Å². The molecule has 0 spiro atoms. The highest BCUT2D eigenvalue weighted by atomic mass is 16.2. The van der Waals surface area contributed by atoms with Gasteiger partial charge in [0.2, 0.25) is 0 Å². The molecule has 0 radical (unpaired) electrons. The number of amides is 1. The van der Waals surface area contributed by atoms with E-state index in [1.165, 1.54) is 10.8 Å². The summed E-state index contributed by atoms with van der Waals surface area (Å²) in [5.41, 5.74) is 1.09. The zero-order chi connectivity index (χ0) is 20.5. The Bertz CT molecular complexity index is 1190. The van der Waals surface area contributed by atoms with Crippen LogP contribution in [0.2, 0.25) is 0 Å². The molecule has 1 atom stereocenters. The highest BCUT2D eigenvalue weighted by Gasteiger charge is 2.22. The van der Waals surface area contributed by atoms with Crippen LogP contribution in [0.5, 0.6) is 0 Å². The minimum absolute atomic E-state index is 0.0644. The lowest BCUT2D eigenvalue weighted by molar-refractivity contribution is 0.0925. The molecule has 0 saturated heterocycles. The van der Waals surface area contributed by atoms with Crippen LogP contribution in [-0.4, -0.2) is 25.9 Å². The van der Waals surface area contributed by atoms with Gasteiger partial charge < -0.3 is 9.88 Å². The van der Waals surface area contributed by atoms with E-state index >= 15 is 0 Å². The standard InChI is InChI=1S/C22H27N5O2/c1-3-14(2)27-19(23)16(21(28)24-15-9-5-4-6-10-15)13-17-20(27)25-18-11-7-8-12-26(18)22(17)29/h7-8,11-15,23H,3-6,9-10H2,1-2H3,(H,24,28)/t14-/m1/s1. The highest BCUT2D eigenvalue weighted by Crippen LogP contribution is 2.19. The Hall–Kier alpha value is -2.96. The van der Waals surface area contributed by atoms with Gasteiger partial charge in [-0.15, -0.1) is 0 Å². The first-order valence-electron chi connectivity index (χ1n) is 10.4. The lowest BCUT2D eigenvalue weighted by Gasteiger charge is -2.24. The summed E-state index contributed by atoms with van der Waals surface area (Å²) in [5, 5.41) is 12.2. The third-order valence-corrected chi connectivity index (χ3v) is 5.98. The molecule has 3 aromatic rings. The largest absolute Gasteiger partial charge is 0.349 e. The van der Waals surface area contributed by atoms with Crippen LogP contribution in [0.4, 0.5) is 0 Å². The van der Waals surface area contributed by atoms with Crippen molar-refractivity contribution in [3.8, 4) is 0 Å². The van der Waals surface area contributed by atoms with Crippen molar-refractivity contribution < 1.29 is 4.79 Å². The number of aromatic nitrogens is 3. The zero-order valence-electron chi connectivity index (χ0n) is 16.9. The molecule has 1 amide bonds. The van der Waals surface area contributed by atoms with Crippen molar-refractivity contribution in [1.82, 2.24) is 19.3 Å². The third-order valence-electron chi connectivity index (χ3n) is 5.98. The minimum atomic E-state index is -0.279. The molecular weight excluding hydrogens is 366 g/mol. The maximum atomic E-state index is 13.1. The van der Waals surface area contributed by atoms with Gasteiger partial charge in [0.1, 0.15) is 16.8 Å². The molecule has 0 unspecified atom stereocenters. The number of carbonyl (C=O) groups excluding carboxylic acids is 1. The molecule has 1 aliphatic carbocycles. The summed E-state index contributed by atoms with van der Waals surface area (Å²) in [4.78, 5) is 30.8. The highest BCUT2D eigenvalue weighted by molar-refractivity contribution is 5.97. The van der Waals surface area contributed by atoms with Crippen molar-refractivity contribution in [2.45, 2.75) is 64.5 Å². The van der Waals surface area contributed by atoms with Crippen LogP contribution in [0.3, 0.4) is 0 Å². The van der Waals surface area contributed by atoms with Crippen LogP contribution in [0, 0.1) is 5.41 Å². The van der Waals surface area contributed by atoms with Crippen molar-refractivity contribution >= 4 is 22.6 Å². The summed E-state index contributed by atoms with van der Waals surface area (Å²) in [7, 11) is 0. The maximum Gasteiger partial charge on any atom is 0.267 e. The van der Waals surface area contributed by atoms with Crippen molar-refractivity contribution in [3.63, 3.8) is 0 Å². The zero-order valence-corrected chi connectivity index (χ0v) is 16.9. The fraction of sp³-hybridized carbons (Fsp3) is 0.455. The van der Waals surface area contributed by atoms with Gasteiger partial charge in [-0.2, -0.15) is 0 Å². The maximum absolute atomic E-state index is 13.1. The predicted molar refractivity (Wildman–Crippen MR) is 112 cm³/mol. The molecule has 4 rings (SSSR count). The van der Waals surface area contributed by atoms with Crippen LogP contribution < -0.4 is 16.4 Å². The van der Waals surface area contributed by atoms with E-state index in [-0.39, 0.29) is 34.6 Å². The molecule has 1 fully saturated rings. The first kappa shape index (κ1) is 19.4. The SMILES string of the molecule is CC[C@@H](C)n1c(=N)c(C(=O)NC2CCCCC2)cc2c(=O)n3ccccc3nc21. The van der Waals surface area contributed by atoms with E-state index in [0.717, 1.165) is 32.1 Å². The van der Waals surface area contributed by atoms with Crippen molar-refractivity contribution in [3.05, 3.63) is 51.9 Å². The number of nitrogens with one attached hydrogen (secondary N) is 2. The molecule has 7 heteroatoms. The van der Waals surface area contributed by atoms with Gasteiger partial charge in [-0.05, 0) is 44.4 Å². The van der Waals surface area contributed by atoms with Gasteiger partial charge in [-0.3, -0.25) is 19.4 Å². The molecule has 1 saturated carbocycles. The Morgan fingerprint density at radius 1 is 1.31 bits per heavy atom. The number of nitrogens with zero attached hydrogens (tertiary/aromatic N) is 3. The normalized spacial score (nSPS) is 16.2. The molecule has 152 valence electrons. The molecule has 1 aliphatic rings. The molecule has 3 aromatic heterocycles. The summed E-state index contributed by atoms with van der Waals surface area (Å²) in [5.74, 6) is -0.279. The Kier molecular flexibility index (Phi) is 5.22. The molecule has 2 N–H and O–H groups in total. The Labute approximate surface area is 168 Å². The van der Waals surface area contributed by atoms with Gasteiger partial charge in [-0.1, -0.05) is 32.3 Å². The van der Waals surface area contributed by atoms with Gasteiger partial charge in [0, 0.05) is 18.3 Å². The second-order valence-corrected chi connectivity index (χ2v) is 7.93. The number of rotatable bonds is 4. The van der Waals surface area contributed by atoms with Gasteiger partial charge in [0.25, 0.3) is 11.5 Å². The van der Waals surface area contributed by atoms with Crippen molar-refractivity contribution in [1.29, 1.82) is 5.41 Å². The quantitative estimate of drug-likeness (QED) is 0.667. The lowest BCUT2D eigenvalue weighted by atomic mass is 9.95. The summed E-state index contributed by atoms with van der Waals surface area (Å²) in [6.45, 7) is 4.00. The number of pyridine rings is 2. The lowest BCUT2D eigenvalue weighted by Crippen LogP contribution is -2.41. The second-order valence-electron chi connectivity index (χ2n) is 7.93. The first-order valence-corrected chi connectivity index (χ1v) is 10.4. The predicted octanol–water partition coefficient (Wildman–Crippen LogP) is 3.16. The van der Waals surface area contributed by atoms with Crippen LogP contribution in [0.1, 0.15) is 68.8 Å². The molecule has 7 nitrogen and oxygen atoms in total. The van der Waals surface area contributed by atoms with E-state index in [4.69, 9.17) is 5.41 Å². The second kappa shape index (κ2) is 7.81. The molecule has 0 aromatic carbocycles. The summed E-state index contributed by atoms with van der Waals surface area (Å²) >= 11 is 0. The summed E-state index contributed by atoms with van der Waals surface area (Å²) < 4.78 is 3.20. The average Bonchev–Trinajstić information content (AvgIpc) is 2.74. The van der Waals surface area contributed by atoms with Crippen LogP contribution >= 0.6 is 0 Å². The Balaban J connectivity index is 1.93. The van der Waals surface area contributed by atoms with Crippen LogP contribution in [-0.2, 0) is 0 Å². The minimum Gasteiger partial charge on any atom is -0.349 e. The van der Waals surface area contributed by atoms with E-state index in [0.29, 0.717) is 16.7 Å². The number of fused-ring (bicyclic) bond motifs is 2. The van der Waals surface area contributed by atoms with E-state index in [9.17, 15) is 9.59 Å². The fourth-order valence-corrected chi connectivity index (χ4v) is 4.14. The molecular formula is C22H27N5O2. The summed E-state index contributed by atoms with van der Waals surface area (Å²) in [6, 6.07) is 7.00. The van der Waals surface area contributed by atoms with Gasteiger partial charge in [0.05, 0.1) is 10.9 Å². The molecule has 0 aliphatic heterocycles. The Morgan fingerprint density at radius 2 is 2.07 bits per heavy atom. The van der Waals surface area contributed by atoms with Crippen LogP contribution in [0.15, 0.2) is 35.3 Å². The van der Waals surface area contributed by atoms with E-state index < -0.39 is 0 Å². The van der Waals surface area contributed by atoms with Gasteiger partial charge >= 0.3 is 0 Å². The molecule has 29 heavy (non-hydrogen) atoms. The average molecular weight is 393 g/mol. The summed E-state index contributed by atoms with van der Waals surface area (Å²) in [6.07, 6.45) is 7.79. The van der Waals surface area contributed by atoms with E-state index in [1.807, 2.05) is 19.9 Å². The monoisotopic (exact) mass is 393 g/mol. The van der Waals surface area contributed by atoms with E-state index in [2.05, 4.69) is 10.3 Å². The number of carbonyl (C=O) groups is 1. The van der Waals surface area contributed by atoms with Gasteiger partial charge in [-0.25, -0.2) is 4.98 Å². The van der Waals surface area contributed by atoms with Crippen molar-refractivity contribution in [2.24, 2.45) is 0 Å². The van der Waals surface area contributed by atoms with Gasteiger partial charge in [0.15, 0.2) is 0 Å². The number of hydrogen-bond acceptors (Lipinski definition) is 4.